The third-order valence-corrected chi connectivity index (χ3v) is 5.24. The molecule has 5 nitrogen and oxygen atoms in total. The van der Waals surface area contributed by atoms with Crippen molar-refractivity contribution in [2.45, 2.75) is 51.0 Å². The molecule has 0 N–H and O–H groups in total. The van der Waals surface area contributed by atoms with Gasteiger partial charge in [-0.15, -0.1) is 0 Å². The summed E-state index contributed by atoms with van der Waals surface area (Å²) in [7, 11) is 1.85. The number of aryl methyl sites for hydroxylation is 1. The van der Waals surface area contributed by atoms with Crippen LogP contribution >= 0.6 is 10.7 Å². The van der Waals surface area contributed by atoms with E-state index in [1.807, 2.05) is 18.5 Å². The van der Waals surface area contributed by atoms with Crippen molar-refractivity contribution in [2.24, 2.45) is 0 Å². The van der Waals surface area contributed by atoms with Crippen molar-refractivity contribution in [2.75, 3.05) is 19.6 Å². The van der Waals surface area contributed by atoms with Crippen molar-refractivity contribution in [3.05, 3.63) is 11.4 Å². The van der Waals surface area contributed by atoms with Gasteiger partial charge in [0.1, 0.15) is 4.90 Å². The van der Waals surface area contributed by atoms with Crippen LogP contribution in [-0.2, 0) is 28.4 Å². The van der Waals surface area contributed by atoms with Crippen LogP contribution in [0.5, 0.6) is 0 Å². The predicted octanol–water partition coefficient (Wildman–Crippen LogP) is 2.03. The van der Waals surface area contributed by atoms with Crippen LogP contribution in [0.25, 0.3) is 0 Å². The lowest BCUT2D eigenvalue weighted by Gasteiger charge is -2.15. The zero-order chi connectivity index (χ0) is 14.8. The molecule has 1 saturated heterocycles. The first-order valence-electron chi connectivity index (χ1n) is 7.23. The highest BCUT2D eigenvalue weighted by Crippen LogP contribution is 2.25. The number of hydrogen-bond donors (Lipinski definition) is 0. The molecule has 7 heteroatoms. The molecular weight excluding hydrogens is 298 g/mol. The summed E-state index contributed by atoms with van der Waals surface area (Å²) in [5, 5.41) is 4.45. The summed E-state index contributed by atoms with van der Waals surface area (Å²) >= 11 is 0. The fraction of sp³-hybridized carbons (Fsp3) is 0.769. The van der Waals surface area contributed by atoms with Crippen LogP contribution in [0, 0.1) is 0 Å². The van der Waals surface area contributed by atoms with Crippen molar-refractivity contribution in [1.29, 1.82) is 0 Å². The van der Waals surface area contributed by atoms with E-state index in [1.54, 1.807) is 0 Å². The van der Waals surface area contributed by atoms with Crippen molar-refractivity contribution in [3.63, 3.8) is 0 Å². The summed E-state index contributed by atoms with van der Waals surface area (Å²) in [4.78, 5) is 2.62. The van der Waals surface area contributed by atoms with Crippen LogP contribution in [0.2, 0.25) is 0 Å². The largest absolute Gasteiger partial charge is 0.301 e. The van der Waals surface area contributed by atoms with Crippen molar-refractivity contribution >= 4 is 19.7 Å². The van der Waals surface area contributed by atoms with E-state index in [0.29, 0.717) is 18.5 Å². The summed E-state index contributed by atoms with van der Waals surface area (Å²) in [6.45, 7) is 7.74. The smallest absolute Gasteiger partial charge is 0.264 e. The highest BCUT2D eigenvalue weighted by molar-refractivity contribution is 8.13. The Bertz CT molecular complexity index is 562. The molecule has 0 bridgehead atoms. The number of aromatic nitrogens is 2. The first kappa shape index (κ1) is 15.8. The molecular formula is C13H22ClN3O2S. The Kier molecular flexibility index (Phi) is 5.09. The van der Waals surface area contributed by atoms with Gasteiger partial charge in [0.05, 0.1) is 17.9 Å². The molecule has 1 aliphatic rings. The Morgan fingerprint density at radius 2 is 1.80 bits per heavy atom. The van der Waals surface area contributed by atoms with Crippen molar-refractivity contribution in [3.8, 4) is 0 Å². The number of halogens is 1. The van der Waals surface area contributed by atoms with Crippen molar-refractivity contribution < 1.29 is 8.42 Å². The summed E-state index contributed by atoms with van der Waals surface area (Å²) in [6, 6.07) is 0. The minimum Gasteiger partial charge on any atom is -0.301 e. The van der Waals surface area contributed by atoms with Crippen LogP contribution in [0.4, 0.5) is 0 Å². The quantitative estimate of drug-likeness (QED) is 0.753. The second-order valence-electron chi connectivity index (χ2n) is 5.14. The molecule has 0 unspecified atom stereocenters. The van der Waals surface area contributed by atoms with Gasteiger partial charge in [-0.2, -0.15) is 5.10 Å². The van der Waals surface area contributed by atoms with Gasteiger partial charge in [0.15, 0.2) is 0 Å². The van der Waals surface area contributed by atoms with E-state index in [0.717, 1.165) is 31.9 Å². The fourth-order valence-electron chi connectivity index (χ4n) is 2.82. The summed E-state index contributed by atoms with van der Waals surface area (Å²) in [6.07, 6.45) is 3.70. The van der Waals surface area contributed by atoms with Gasteiger partial charge < -0.3 is 4.90 Å². The molecule has 0 aromatic carbocycles. The van der Waals surface area contributed by atoms with E-state index in [1.165, 1.54) is 12.8 Å². The SMILES string of the molecule is CCc1nn(CCN2CCCC2)c(CC)c1S(=O)(=O)Cl. The van der Waals surface area contributed by atoms with Gasteiger partial charge in [-0.05, 0) is 38.8 Å². The highest BCUT2D eigenvalue weighted by Gasteiger charge is 2.25. The Morgan fingerprint density at radius 3 is 2.30 bits per heavy atom. The predicted molar refractivity (Wildman–Crippen MR) is 79.7 cm³/mol. The molecule has 1 aromatic rings. The lowest BCUT2D eigenvalue weighted by molar-refractivity contribution is 0.313. The average Bonchev–Trinajstić information content (AvgIpc) is 3.01. The van der Waals surface area contributed by atoms with Gasteiger partial charge in [0.2, 0.25) is 0 Å². The number of hydrogen-bond acceptors (Lipinski definition) is 4. The minimum atomic E-state index is -3.73. The molecule has 114 valence electrons. The van der Waals surface area contributed by atoms with E-state index in [-0.39, 0.29) is 4.90 Å². The molecule has 0 atom stereocenters. The van der Waals surface area contributed by atoms with E-state index >= 15 is 0 Å². The second kappa shape index (κ2) is 6.45. The third kappa shape index (κ3) is 3.35. The lowest BCUT2D eigenvalue weighted by atomic mass is 10.2. The second-order valence-corrected chi connectivity index (χ2v) is 7.64. The zero-order valence-electron chi connectivity index (χ0n) is 12.1. The summed E-state index contributed by atoms with van der Waals surface area (Å²) in [5.41, 5.74) is 1.31. The zero-order valence-corrected chi connectivity index (χ0v) is 13.7. The minimum absolute atomic E-state index is 0.227. The molecule has 0 aliphatic carbocycles. The van der Waals surface area contributed by atoms with E-state index in [9.17, 15) is 8.42 Å². The van der Waals surface area contributed by atoms with Gasteiger partial charge in [0, 0.05) is 17.2 Å². The van der Waals surface area contributed by atoms with E-state index in [2.05, 4.69) is 10.00 Å². The average molecular weight is 320 g/mol. The van der Waals surface area contributed by atoms with Gasteiger partial charge in [-0.3, -0.25) is 4.68 Å². The monoisotopic (exact) mass is 319 g/mol. The number of rotatable bonds is 6. The molecule has 20 heavy (non-hydrogen) atoms. The Labute approximate surface area is 125 Å². The Morgan fingerprint density at radius 1 is 1.15 bits per heavy atom. The maximum atomic E-state index is 11.8. The normalized spacial score (nSPS) is 16.9. The Hall–Kier alpha value is -0.590. The lowest BCUT2D eigenvalue weighted by Crippen LogP contribution is -2.25. The van der Waals surface area contributed by atoms with Gasteiger partial charge in [0.25, 0.3) is 9.05 Å². The molecule has 0 spiro atoms. The molecule has 0 saturated carbocycles. The number of likely N-dealkylation sites (tertiary alicyclic amines) is 1. The number of nitrogens with zero attached hydrogens (tertiary/aromatic N) is 3. The van der Waals surface area contributed by atoms with Gasteiger partial charge in [-0.1, -0.05) is 13.8 Å². The maximum Gasteiger partial charge on any atom is 0.264 e. The first-order valence-corrected chi connectivity index (χ1v) is 9.53. The molecule has 2 heterocycles. The van der Waals surface area contributed by atoms with Crippen LogP contribution in [0.1, 0.15) is 38.1 Å². The van der Waals surface area contributed by atoms with Crippen LogP contribution in [0.15, 0.2) is 4.90 Å². The summed E-state index contributed by atoms with van der Waals surface area (Å²) in [5.74, 6) is 0. The van der Waals surface area contributed by atoms with Crippen LogP contribution < -0.4 is 0 Å². The van der Waals surface area contributed by atoms with Gasteiger partial charge >= 0.3 is 0 Å². The Balaban J connectivity index is 2.26. The fourth-order valence-corrected chi connectivity index (χ4v) is 4.35. The maximum absolute atomic E-state index is 11.8. The first-order chi connectivity index (χ1) is 9.47. The third-order valence-electron chi connectivity index (χ3n) is 3.82. The molecule has 1 fully saturated rings. The van der Waals surface area contributed by atoms with E-state index < -0.39 is 9.05 Å². The van der Waals surface area contributed by atoms with E-state index in [4.69, 9.17) is 10.7 Å². The van der Waals surface area contributed by atoms with Crippen LogP contribution in [0.3, 0.4) is 0 Å². The molecule has 0 amide bonds. The molecule has 2 rings (SSSR count). The molecule has 0 radical (unpaired) electrons. The van der Waals surface area contributed by atoms with Crippen LogP contribution in [-0.4, -0.2) is 42.7 Å². The van der Waals surface area contributed by atoms with Gasteiger partial charge in [-0.25, -0.2) is 8.42 Å². The van der Waals surface area contributed by atoms with Crippen molar-refractivity contribution in [1.82, 2.24) is 14.7 Å². The summed E-state index contributed by atoms with van der Waals surface area (Å²) < 4.78 is 25.4. The molecule has 1 aliphatic heterocycles. The standard InChI is InChI=1S/C13H22ClN3O2S/c1-3-11-13(20(14,18)19)12(4-2)17(15-11)10-9-16-7-5-6-8-16/h3-10H2,1-2H3. The highest BCUT2D eigenvalue weighted by atomic mass is 35.7. The molecule has 1 aromatic heterocycles. The topological polar surface area (TPSA) is 55.2 Å².